The van der Waals surface area contributed by atoms with Crippen molar-refractivity contribution in [1.29, 1.82) is 0 Å². The number of carbonyl (C=O) groups excluding carboxylic acids is 2. The van der Waals surface area contributed by atoms with Crippen LogP contribution >= 0.6 is 0 Å². The van der Waals surface area contributed by atoms with Crippen LogP contribution < -0.4 is 5.73 Å². The second-order valence-electron chi connectivity index (χ2n) is 7.58. The van der Waals surface area contributed by atoms with Gasteiger partial charge in [-0.2, -0.15) is 0 Å². The van der Waals surface area contributed by atoms with Crippen LogP contribution in [0.3, 0.4) is 0 Å². The summed E-state index contributed by atoms with van der Waals surface area (Å²) in [5, 5.41) is 0. The molecule has 2 N–H and O–H groups in total. The molecule has 1 aromatic carbocycles. The molecule has 0 aromatic heterocycles. The molecule has 2 aliphatic rings. The molecule has 142 valence electrons. The van der Waals surface area contributed by atoms with Gasteiger partial charge in [-0.3, -0.25) is 9.59 Å². The van der Waals surface area contributed by atoms with Crippen molar-refractivity contribution in [2.45, 2.75) is 38.5 Å². The van der Waals surface area contributed by atoms with Gasteiger partial charge >= 0.3 is 0 Å². The normalized spacial score (nSPS) is 23.7. The van der Waals surface area contributed by atoms with Gasteiger partial charge in [-0.05, 0) is 43.7 Å². The number of benzene rings is 1. The summed E-state index contributed by atoms with van der Waals surface area (Å²) >= 11 is 0. The van der Waals surface area contributed by atoms with Gasteiger partial charge in [0.15, 0.2) is 0 Å². The van der Waals surface area contributed by atoms with E-state index in [2.05, 4.69) is 12.1 Å². The second kappa shape index (κ2) is 9.17. The zero-order chi connectivity index (χ0) is 18.4. The molecule has 1 saturated carbocycles. The van der Waals surface area contributed by atoms with Crippen LogP contribution in [0.1, 0.15) is 37.7 Å². The Labute approximate surface area is 156 Å². The molecular weight excluding hydrogens is 326 g/mol. The Balaban J connectivity index is 1.49. The third kappa shape index (κ3) is 4.64. The number of amides is 2. The highest BCUT2D eigenvalue weighted by molar-refractivity contribution is 5.80. The maximum atomic E-state index is 12.9. The zero-order valence-electron chi connectivity index (χ0n) is 15.6. The summed E-state index contributed by atoms with van der Waals surface area (Å²) in [5.41, 5.74) is 7.04. The Hall–Kier alpha value is -1.88. The summed E-state index contributed by atoms with van der Waals surface area (Å²) in [5.74, 6) is 0.898. The molecule has 1 aromatic rings. The molecule has 2 atom stereocenters. The number of carbonyl (C=O) groups is 2. The molecular formula is C21H31N3O2. The van der Waals surface area contributed by atoms with Gasteiger partial charge in [0, 0.05) is 38.5 Å². The van der Waals surface area contributed by atoms with Gasteiger partial charge in [0.05, 0.1) is 0 Å². The van der Waals surface area contributed by atoms with E-state index in [1.165, 1.54) is 5.56 Å². The van der Waals surface area contributed by atoms with Crippen molar-refractivity contribution in [2.24, 2.45) is 17.6 Å². The number of hydrogen-bond donors (Lipinski definition) is 1. The van der Waals surface area contributed by atoms with E-state index in [4.69, 9.17) is 5.73 Å². The van der Waals surface area contributed by atoms with E-state index in [1.54, 1.807) is 0 Å². The number of hydrogen-bond acceptors (Lipinski definition) is 3. The molecule has 2 fully saturated rings. The summed E-state index contributed by atoms with van der Waals surface area (Å²) in [6.45, 7) is 3.43. The fourth-order valence-corrected chi connectivity index (χ4v) is 4.32. The first-order chi connectivity index (χ1) is 12.7. The van der Waals surface area contributed by atoms with Crippen molar-refractivity contribution >= 4 is 11.8 Å². The third-order valence-corrected chi connectivity index (χ3v) is 5.91. The minimum Gasteiger partial charge on any atom is -0.341 e. The van der Waals surface area contributed by atoms with Crippen molar-refractivity contribution in [3.05, 3.63) is 35.9 Å². The Bertz CT molecular complexity index is 605. The first-order valence-corrected chi connectivity index (χ1v) is 9.99. The minimum absolute atomic E-state index is 0.0975. The van der Waals surface area contributed by atoms with Gasteiger partial charge in [0.25, 0.3) is 0 Å². The summed E-state index contributed by atoms with van der Waals surface area (Å²) in [6, 6.07) is 10.1. The lowest BCUT2D eigenvalue weighted by molar-refractivity contribution is -0.137. The van der Waals surface area contributed by atoms with Crippen molar-refractivity contribution in [3.63, 3.8) is 0 Å². The second-order valence-corrected chi connectivity index (χ2v) is 7.58. The standard InChI is InChI=1S/C21H31N3O2/c22-16-18-8-4-9-19(18)21(26)24-13-5-12-23(14-15-24)20(25)11-10-17-6-2-1-3-7-17/h1-3,6-7,18-19H,4-5,8-16,22H2/t18-,19-/m1/s1. The number of nitrogens with zero attached hydrogens (tertiary/aromatic N) is 2. The van der Waals surface area contributed by atoms with Gasteiger partial charge in [0.1, 0.15) is 0 Å². The Morgan fingerprint density at radius 1 is 0.962 bits per heavy atom. The van der Waals surface area contributed by atoms with Gasteiger partial charge < -0.3 is 15.5 Å². The maximum Gasteiger partial charge on any atom is 0.226 e. The molecule has 5 heteroatoms. The Morgan fingerprint density at radius 2 is 1.69 bits per heavy atom. The van der Waals surface area contributed by atoms with Crippen LogP contribution in [0.4, 0.5) is 0 Å². The average molecular weight is 357 g/mol. The minimum atomic E-state index is 0.0975. The molecule has 0 spiro atoms. The van der Waals surface area contributed by atoms with Gasteiger partial charge in [-0.25, -0.2) is 0 Å². The Morgan fingerprint density at radius 3 is 2.46 bits per heavy atom. The van der Waals surface area contributed by atoms with Crippen molar-refractivity contribution in [3.8, 4) is 0 Å². The van der Waals surface area contributed by atoms with Crippen LogP contribution in [-0.2, 0) is 16.0 Å². The zero-order valence-corrected chi connectivity index (χ0v) is 15.6. The molecule has 3 rings (SSSR count). The fourth-order valence-electron chi connectivity index (χ4n) is 4.32. The van der Waals surface area contributed by atoms with E-state index in [0.29, 0.717) is 32.0 Å². The summed E-state index contributed by atoms with van der Waals surface area (Å²) in [4.78, 5) is 29.3. The quantitative estimate of drug-likeness (QED) is 0.877. The first-order valence-electron chi connectivity index (χ1n) is 9.99. The molecule has 26 heavy (non-hydrogen) atoms. The van der Waals surface area contributed by atoms with E-state index in [1.807, 2.05) is 28.0 Å². The predicted octanol–water partition coefficient (Wildman–Crippen LogP) is 2.06. The lowest BCUT2D eigenvalue weighted by atomic mass is 9.94. The molecule has 0 bridgehead atoms. The molecule has 1 saturated heterocycles. The third-order valence-electron chi connectivity index (χ3n) is 5.91. The van der Waals surface area contributed by atoms with E-state index >= 15 is 0 Å². The summed E-state index contributed by atoms with van der Waals surface area (Å²) in [6.07, 6.45) is 5.33. The number of aryl methyl sites for hydroxylation is 1. The molecule has 2 amide bonds. The summed E-state index contributed by atoms with van der Waals surface area (Å²) < 4.78 is 0. The maximum absolute atomic E-state index is 12.9. The smallest absolute Gasteiger partial charge is 0.226 e. The van der Waals surface area contributed by atoms with Crippen LogP contribution in [0.2, 0.25) is 0 Å². The number of nitrogens with two attached hydrogens (primary N) is 1. The first kappa shape index (κ1) is 18.9. The van der Waals surface area contributed by atoms with Crippen molar-refractivity contribution in [2.75, 3.05) is 32.7 Å². The van der Waals surface area contributed by atoms with Crippen LogP contribution in [0.5, 0.6) is 0 Å². The van der Waals surface area contributed by atoms with Gasteiger partial charge in [-0.1, -0.05) is 36.8 Å². The summed E-state index contributed by atoms with van der Waals surface area (Å²) in [7, 11) is 0. The topological polar surface area (TPSA) is 66.6 Å². The molecule has 5 nitrogen and oxygen atoms in total. The van der Waals surface area contributed by atoms with Crippen LogP contribution in [-0.4, -0.2) is 54.3 Å². The monoisotopic (exact) mass is 357 g/mol. The molecule has 1 aliphatic carbocycles. The van der Waals surface area contributed by atoms with Gasteiger partial charge in [0.2, 0.25) is 11.8 Å². The number of rotatable bonds is 5. The highest BCUT2D eigenvalue weighted by Crippen LogP contribution is 2.32. The molecule has 1 heterocycles. The van der Waals surface area contributed by atoms with Crippen molar-refractivity contribution in [1.82, 2.24) is 9.80 Å². The highest BCUT2D eigenvalue weighted by atomic mass is 16.2. The van der Waals surface area contributed by atoms with Crippen molar-refractivity contribution < 1.29 is 9.59 Å². The largest absolute Gasteiger partial charge is 0.341 e. The van der Waals surface area contributed by atoms with E-state index in [9.17, 15) is 9.59 Å². The lowest BCUT2D eigenvalue weighted by Gasteiger charge is -2.27. The van der Waals surface area contributed by atoms with E-state index in [0.717, 1.165) is 45.2 Å². The molecule has 0 radical (unpaired) electrons. The molecule has 0 unspecified atom stereocenters. The lowest BCUT2D eigenvalue weighted by Crippen LogP contribution is -2.41. The van der Waals surface area contributed by atoms with Crippen LogP contribution in [0, 0.1) is 11.8 Å². The average Bonchev–Trinajstić information content (AvgIpc) is 3.02. The van der Waals surface area contributed by atoms with Gasteiger partial charge in [-0.15, -0.1) is 0 Å². The highest BCUT2D eigenvalue weighted by Gasteiger charge is 2.35. The Kier molecular flexibility index (Phi) is 6.67. The van der Waals surface area contributed by atoms with E-state index in [-0.39, 0.29) is 17.7 Å². The van der Waals surface area contributed by atoms with Crippen LogP contribution in [0.25, 0.3) is 0 Å². The van der Waals surface area contributed by atoms with E-state index < -0.39 is 0 Å². The molecule has 1 aliphatic heterocycles. The fraction of sp³-hybridized carbons (Fsp3) is 0.619. The predicted molar refractivity (Wildman–Crippen MR) is 102 cm³/mol. The van der Waals surface area contributed by atoms with Crippen LogP contribution in [0.15, 0.2) is 30.3 Å². The SMILES string of the molecule is NC[C@H]1CCC[C@H]1C(=O)N1CCCN(C(=O)CCc2ccccc2)CC1.